The lowest BCUT2D eigenvalue weighted by Gasteiger charge is -0.108. The zero-order valence-corrected chi connectivity index (χ0v) is 5.07. The molecule has 32 valence electrons. The molecular formula is C2H10I2. The predicted molar refractivity (Wildman–Crippen MR) is 44.3 cm³/mol. The minimum absolute atomic E-state index is 0. The second-order valence-electron chi connectivity index (χ2n) is 0. The van der Waals surface area contributed by atoms with Crippen LogP contribution >= 0.6 is 47.6 Å². The first-order valence-corrected chi connectivity index (χ1v) is 0. The van der Waals surface area contributed by atoms with Crippen LogP contribution in [0.5, 0.6) is 0 Å². The van der Waals surface area contributed by atoms with Gasteiger partial charge in [-0.25, -0.2) is 0 Å². The van der Waals surface area contributed by atoms with Crippen molar-refractivity contribution in [2.45, 2.75) is 14.9 Å². The van der Waals surface area contributed by atoms with Gasteiger partial charge in [-0.15, -0.1) is 47.6 Å². The molecule has 0 atom stereocenters. The summed E-state index contributed by atoms with van der Waals surface area (Å²) < 4.78 is 11.4. The molecule has 0 nitrogen and oxygen atoms in total. The van der Waals surface area contributed by atoms with Crippen LogP contribution in [0.4, 0.5) is 0 Å². The number of halogens is 2. The third-order valence-corrected chi connectivity index (χ3v) is 0. The fourth-order valence-corrected chi connectivity index (χ4v) is 0. The molecule has 0 aromatic carbocycles. The molecule has 0 rings (SSSR count). The number of rotatable bonds is 0. The van der Waals surface area contributed by atoms with Crippen LogP contribution in [0.15, 0.2) is 0 Å². The Kier molecular flexibility index (Phi) is 56.8. The summed E-state index contributed by atoms with van der Waals surface area (Å²) in [6.07, 6.45) is 0. The van der Waals surface area contributed by atoms with E-state index in [-0.39, 0.29) is 14.9 Å². The van der Waals surface area contributed by atoms with E-state index < -0.39 is 0 Å². The normalized spacial score (nSPS) is 3.50. The molecule has 0 aromatic heterocycles. The lowest BCUT2D eigenvalue weighted by Crippen LogP contribution is 0.143. The van der Waals surface area contributed by atoms with E-state index in [4.69, 9.17) is 1.19 Å². The Balaban J connectivity index is -0.00000000500. The second kappa shape index (κ2) is 25.0. The van der Waals surface area contributed by atoms with Gasteiger partial charge in [0.05, 0.1) is 0 Å². The Morgan fingerprint density at radius 2 is 1.00 bits per heavy atom. The zero-order chi connectivity index (χ0) is 4.00. The number of hydrogen-bond donors (Lipinski definition) is 0. The lowest BCUT2D eigenvalue weighted by molar-refractivity contribution is 2.50. The summed E-state index contributed by atoms with van der Waals surface area (Å²) >= 11 is 2.80. The molecule has 0 aromatic rings. The monoisotopic (exact) mass is 290 g/mol. The van der Waals surface area contributed by atoms with Gasteiger partial charge in [0.2, 0.25) is 0 Å². The molecule has 0 bridgehead atoms. The fourth-order valence-electron chi connectivity index (χ4n) is 0. The molecule has 0 amide bonds. The van der Waals surface area contributed by atoms with Gasteiger partial charge in [-0.05, 0) is 0 Å². The molecule has 0 aliphatic carbocycles. The Labute approximate surface area is 63.3 Å². The summed E-state index contributed by atoms with van der Waals surface area (Å²) in [4.78, 5) is 0. The lowest BCUT2D eigenvalue weighted by atomic mass is 12.0. The minimum atomic E-state index is 0. The quantitative estimate of drug-likeness (QED) is 0.601. The molecule has 0 saturated heterocycles. The van der Waals surface area contributed by atoms with Gasteiger partial charge in [0, 0.05) is 0 Å². The molecule has 0 aliphatic heterocycles. The summed E-state index contributed by atoms with van der Waals surface area (Å²) in [5.41, 5.74) is 0. The van der Waals surface area contributed by atoms with Crippen LogP contribution in [0.25, 0.3) is 0 Å². The van der Waals surface area contributed by atoms with Gasteiger partial charge in [0.15, 0.2) is 0 Å². The van der Waals surface area contributed by atoms with Crippen LogP contribution in [0.3, 0.4) is 0 Å². The highest BCUT2D eigenvalue weighted by Crippen LogP contribution is 0.887. The maximum Gasteiger partial charge on any atom is 0.107 e. The van der Waals surface area contributed by atoms with Crippen LogP contribution in [0.1, 0.15) is 14.9 Å². The van der Waals surface area contributed by atoms with Gasteiger partial charge in [-0.2, -0.15) is 0 Å². The smallest absolute Gasteiger partial charge is 0.107 e. The van der Waals surface area contributed by atoms with E-state index in [0.29, 0.717) is 0 Å². The first-order chi connectivity index (χ1) is 2.00. The van der Waals surface area contributed by atoms with Crippen molar-refractivity contribution in [3.05, 3.63) is 0 Å². The van der Waals surface area contributed by atoms with Gasteiger partial charge < -0.3 is 0 Å². The third-order valence-electron chi connectivity index (χ3n) is 0. The molecule has 0 saturated carbocycles. The molecule has 2 heteroatoms. The van der Waals surface area contributed by atoms with Gasteiger partial charge >= 0.3 is 0 Å². The zero-order valence-electron chi connectivity index (χ0n) is 2.76. The summed E-state index contributed by atoms with van der Waals surface area (Å²) in [5, 5.41) is 0. The van der Waals surface area contributed by atoms with E-state index in [2.05, 4.69) is 0 Å². The molecule has 0 unspecified atom stereocenters. The van der Waals surface area contributed by atoms with Crippen LogP contribution in [0, 0.1) is 0 Å². The van der Waals surface area contributed by atoms with Gasteiger partial charge in [-0.1, -0.05) is 14.9 Å². The largest absolute Gasteiger partial charge is 0.107 e. The molecule has 4 heavy (non-hydrogen) atoms. The molecule has 0 N–H and O–H groups in total. The van der Waals surface area contributed by atoms with E-state index in [0.717, 1.165) is 0 Å². The van der Waals surface area contributed by atoms with Crippen LogP contribution in [0.2, 0.25) is 0 Å². The molecule has 0 heterocycles. The Morgan fingerprint density at radius 1 is 1.00 bits per heavy atom. The van der Waals surface area contributed by atoms with Crippen molar-refractivity contribution in [2.24, 2.45) is 0 Å². The topological polar surface area (TPSA) is 0 Å². The van der Waals surface area contributed by atoms with Gasteiger partial charge in [0.1, 0.15) is 1.19 Å². The minimum Gasteiger partial charge on any atom is -0.107 e. The van der Waals surface area contributed by atoms with Crippen molar-refractivity contribution in [1.82, 2.24) is 0 Å². The molecule has 0 fully saturated rings. The molecule has 0 radical (unpaired) electrons. The summed E-state index contributed by atoms with van der Waals surface area (Å²) in [5.74, 6) is 0. The second-order valence-corrected chi connectivity index (χ2v) is 0. The molecule has 0 spiro atoms. The van der Waals surface area contributed by atoms with E-state index in [1.807, 2.05) is 0 Å². The van der Waals surface area contributed by atoms with Crippen LogP contribution in [-0.2, 0) is 0 Å². The van der Waals surface area contributed by atoms with Crippen LogP contribution < -0.4 is 0 Å². The Morgan fingerprint density at radius 3 is 1.00 bits per heavy atom. The van der Waals surface area contributed by atoms with Crippen molar-refractivity contribution >= 4 is 47.6 Å². The van der Waals surface area contributed by atoms with Gasteiger partial charge in [0.25, 0.3) is 0 Å². The fraction of sp³-hybridized carbons (Fsp3) is 1.00. The van der Waals surface area contributed by atoms with Crippen molar-refractivity contribution in [1.29, 1.82) is 1.19 Å². The molecule has 0 aliphatic rings. The molecular weight excluding hydrogens is 278 g/mol. The van der Waals surface area contributed by atoms with E-state index in [9.17, 15) is 0 Å². The third kappa shape index (κ3) is 9.82. The summed E-state index contributed by atoms with van der Waals surface area (Å²) in [6, 6.07) is 0. The SMILES string of the molecule is C.C.[2H]I.[2H]I. The highest BCUT2D eigenvalue weighted by Gasteiger charge is -0.0764. The highest BCUT2D eigenvalue weighted by atomic mass is 127. The Bertz CT molecular complexity index is 9.51. The van der Waals surface area contributed by atoms with E-state index in [1.165, 1.54) is 47.6 Å². The summed E-state index contributed by atoms with van der Waals surface area (Å²) in [6.45, 7) is 0. The van der Waals surface area contributed by atoms with Gasteiger partial charge in [-0.3, -0.25) is 0 Å². The summed E-state index contributed by atoms with van der Waals surface area (Å²) in [7, 11) is 0. The first-order valence-electron chi connectivity index (χ1n) is 0.756. The van der Waals surface area contributed by atoms with E-state index >= 15 is 0 Å². The van der Waals surface area contributed by atoms with E-state index in [1.54, 1.807) is 0 Å². The first kappa shape index (κ1) is 9.07. The average molecular weight is 290 g/mol. The predicted octanol–water partition coefficient (Wildman–Crippen LogP) is 2.51. The van der Waals surface area contributed by atoms with Crippen molar-refractivity contribution < 1.29 is 0 Å². The average Bonchev–Trinajstić information content (AvgIpc) is 1.50. The maximum atomic E-state index is 5.72. The number of hydrogen-bond acceptors (Lipinski definition) is 0. The standard InChI is InChI=1S/2CH4.2HI/h2*1H4;2*1H/i/hD2. The Hall–Kier alpha value is 1.46. The van der Waals surface area contributed by atoms with Crippen molar-refractivity contribution in [3.63, 3.8) is 0 Å². The van der Waals surface area contributed by atoms with Crippen molar-refractivity contribution in [2.75, 3.05) is 0 Å². The maximum absolute atomic E-state index is 5.72. The van der Waals surface area contributed by atoms with Crippen molar-refractivity contribution in [3.8, 4) is 0 Å². The highest BCUT2D eigenvalue weighted by molar-refractivity contribution is 14.0. The van der Waals surface area contributed by atoms with Crippen LogP contribution in [-0.4, -0.2) is 1.19 Å².